The lowest BCUT2D eigenvalue weighted by atomic mass is 9.97. The van der Waals surface area contributed by atoms with Crippen LogP contribution >= 0.6 is 0 Å². The summed E-state index contributed by atoms with van der Waals surface area (Å²) in [6, 6.07) is 7.07. The molecule has 0 aromatic carbocycles. The lowest BCUT2D eigenvalue weighted by Crippen LogP contribution is -2.14. The Hall–Kier alpha value is -3.55. The molecule has 3 rings (SSSR count). The van der Waals surface area contributed by atoms with Gasteiger partial charge in [-0.25, -0.2) is 9.78 Å². The Labute approximate surface area is 179 Å². The topological polar surface area (TPSA) is 108 Å². The number of aromatic amines is 1. The first-order chi connectivity index (χ1) is 14.8. The molecule has 0 bridgehead atoms. The van der Waals surface area contributed by atoms with Gasteiger partial charge in [-0.2, -0.15) is 4.39 Å². The molecular formula is C23H25FN4O3. The number of H-pyrrole nitrogens is 1. The second-order valence-corrected chi connectivity index (χ2v) is 7.39. The Morgan fingerprint density at radius 3 is 2.77 bits per heavy atom. The van der Waals surface area contributed by atoms with Gasteiger partial charge in [-0.05, 0) is 68.9 Å². The molecule has 1 unspecified atom stereocenters. The van der Waals surface area contributed by atoms with Crippen molar-refractivity contribution >= 4 is 17.2 Å². The van der Waals surface area contributed by atoms with E-state index >= 15 is 0 Å². The fourth-order valence-corrected chi connectivity index (χ4v) is 3.56. The van der Waals surface area contributed by atoms with Crippen LogP contribution in [0.3, 0.4) is 0 Å². The average molecular weight is 424 g/mol. The second kappa shape index (κ2) is 9.97. The zero-order valence-corrected chi connectivity index (χ0v) is 17.5. The Balaban J connectivity index is 2.07. The number of pyridine rings is 1. The molecule has 2 aromatic heterocycles. The van der Waals surface area contributed by atoms with Crippen LogP contribution in [-0.4, -0.2) is 26.0 Å². The summed E-state index contributed by atoms with van der Waals surface area (Å²) >= 11 is 0. The Morgan fingerprint density at radius 1 is 1.26 bits per heavy atom. The second-order valence-electron chi connectivity index (χ2n) is 7.39. The molecule has 162 valence electrons. The van der Waals surface area contributed by atoms with Crippen LogP contribution in [0.5, 0.6) is 0 Å². The molecule has 0 spiro atoms. The highest BCUT2D eigenvalue weighted by molar-refractivity contribution is 5.91. The molecule has 0 saturated carbocycles. The van der Waals surface area contributed by atoms with Crippen molar-refractivity contribution in [3.8, 4) is 0 Å². The third-order valence-electron chi connectivity index (χ3n) is 5.09. The molecule has 2 aromatic rings. The first-order valence-corrected chi connectivity index (χ1v) is 10.2. The molecule has 0 saturated heterocycles. The van der Waals surface area contributed by atoms with Crippen LogP contribution in [0.4, 0.5) is 10.1 Å². The number of nitrogens with one attached hydrogen (secondary N) is 2. The van der Waals surface area contributed by atoms with Gasteiger partial charge in [0.15, 0.2) is 5.69 Å². The minimum Gasteiger partial charge on any atom is -0.476 e. The number of nitrogens with zero attached hydrogens (tertiary/aromatic N) is 2. The van der Waals surface area contributed by atoms with Crippen molar-refractivity contribution in [2.24, 2.45) is 0 Å². The summed E-state index contributed by atoms with van der Waals surface area (Å²) < 4.78 is 13.4. The Morgan fingerprint density at radius 2 is 2.06 bits per heavy atom. The van der Waals surface area contributed by atoms with Crippen molar-refractivity contribution in [1.29, 1.82) is 0 Å². The van der Waals surface area contributed by atoms with E-state index in [2.05, 4.69) is 21.4 Å². The van der Waals surface area contributed by atoms with Crippen LogP contribution < -0.4 is 10.9 Å². The third kappa shape index (κ3) is 5.75. The van der Waals surface area contributed by atoms with Gasteiger partial charge in [-0.3, -0.25) is 9.78 Å². The Bertz CT molecular complexity index is 1130. The van der Waals surface area contributed by atoms with Crippen LogP contribution in [0.15, 0.2) is 47.4 Å². The number of aromatic nitrogens is 3. The average Bonchev–Trinajstić information content (AvgIpc) is 2.74. The highest BCUT2D eigenvalue weighted by Crippen LogP contribution is 2.26. The third-order valence-corrected chi connectivity index (χ3v) is 5.09. The summed E-state index contributed by atoms with van der Waals surface area (Å²) in [6.07, 6.45) is 7.66. The Kier molecular flexibility index (Phi) is 7.12. The van der Waals surface area contributed by atoms with Crippen LogP contribution in [0.2, 0.25) is 0 Å². The number of carboxylic acid groups (broad SMARTS) is 1. The quantitative estimate of drug-likeness (QED) is 0.607. The molecule has 0 aliphatic heterocycles. The smallest absolute Gasteiger partial charge is 0.356 e. The van der Waals surface area contributed by atoms with E-state index < -0.39 is 17.6 Å². The molecule has 31 heavy (non-hydrogen) atoms. The number of hydrogen-bond donors (Lipinski definition) is 3. The highest BCUT2D eigenvalue weighted by Gasteiger charge is 2.17. The van der Waals surface area contributed by atoms with Crippen LogP contribution in [0.25, 0.3) is 5.57 Å². The molecule has 0 fully saturated rings. The lowest BCUT2D eigenvalue weighted by Gasteiger charge is -2.18. The van der Waals surface area contributed by atoms with Gasteiger partial charge in [-0.1, -0.05) is 12.1 Å². The van der Waals surface area contributed by atoms with Gasteiger partial charge in [0.2, 0.25) is 11.5 Å². The first-order valence-electron chi connectivity index (χ1n) is 10.2. The van der Waals surface area contributed by atoms with E-state index in [-0.39, 0.29) is 17.3 Å². The maximum atomic E-state index is 13.4. The lowest BCUT2D eigenvalue weighted by molar-refractivity contribution is 0.0690. The van der Waals surface area contributed by atoms with Crippen LogP contribution in [0, 0.1) is 12.9 Å². The standard InChI is InChI=1S/C23H25FN4O3/c1-14(26-18-10-11-20(24)28-22(18)23(30)31)17-9-6-12-25-21(29)13-19(27-15(17)2)16-7-4-3-5-8-16/h6-7,9-14,26H,3-5,8H2,1-2H3,(H,25,29)(H,30,31). The monoisotopic (exact) mass is 424 g/mol. The number of aryl methyl sites for hydroxylation is 1. The fraction of sp³-hybridized carbons (Fsp3) is 0.304. The number of halogens is 1. The maximum Gasteiger partial charge on any atom is 0.356 e. The summed E-state index contributed by atoms with van der Waals surface area (Å²) in [5.74, 6) is -2.18. The summed E-state index contributed by atoms with van der Waals surface area (Å²) in [7, 11) is 0. The predicted octanol–water partition coefficient (Wildman–Crippen LogP) is 4.57. The van der Waals surface area contributed by atoms with Gasteiger partial charge in [0, 0.05) is 18.0 Å². The van der Waals surface area contributed by atoms with E-state index in [0.717, 1.165) is 42.9 Å². The van der Waals surface area contributed by atoms with Crippen molar-refractivity contribution in [2.75, 3.05) is 5.32 Å². The van der Waals surface area contributed by atoms with Crippen molar-refractivity contribution in [2.45, 2.75) is 45.6 Å². The van der Waals surface area contributed by atoms with Crippen molar-refractivity contribution in [3.05, 3.63) is 81.6 Å². The van der Waals surface area contributed by atoms with Gasteiger partial charge < -0.3 is 15.4 Å². The zero-order valence-electron chi connectivity index (χ0n) is 17.5. The van der Waals surface area contributed by atoms with E-state index in [1.165, 1.54) is 12.1 Å². The normalized spacial score (nSPS) is 14.2. The van der Waals surface area contributed by atoms with Gasteiger partial charge in [0.25, 0.3) is 0 Å². The molecular weight excluding hydrogens is 399 g/mol. The van der Waals surface area contributed by atoms with E-state index in [9.17, 15) is 19.1 Å². The van der Waals surface area contributed by atoms with Gasteiger partial charge in [0.05, 0.1) is 17.4 Å². The van der Waals surface area contributed by atoms with Crippen molar-refractivity contribution in [1.82, 2.24) is 15.0 Å². The summed E-state index contributed by atoms with van der Waals surface area (Å²) in [6.45, 7) is 3.69. The minimum atomic E-state index is -1.32. The highest BCUT2D eigenvalue weighted by atomic mass is 19.1. The fourth-order valence-electron chi connectivity index (χ4n) is 3.56. The van der Waals surface area contributed by atoms with E-state index in [4.69, 9.17) is 4.98 Å². The molecule has 0 radical (unpaired) electrons. The number of carbonyl (C=O) groups is 1. The minimum absolute atomic E-state index is 0.204. The molecule has 0 amide bonds. The zero-order chi connectivity index (χ0) is 22.4. The van der Waals surface area contributed by atoms with E-state index in [1.807, 2.05) is 13.8 Å². The molecule has 8 heteroatoms. The summed E-state index contributed by atoms with van der Waals surface area (Å²) in [4.78, 5) is 34.5. The SMILES string of the molecule is Cc1nc(C2=CCCCC2)cc(=O)[nH]cccc1C(C)Nc1ccc(F)nc1C(=O)O. The largest absolute Gasteiger partial charge is 0.476 e. The molecule has 2 heterocycles. The number of allylic oxidation sites excluding steroid dienone is 2. The molecule has 1 aliphatic rings. The molecule has 1 aliphatic carbocycles. The summed E-state index contributed by atoms with van der Waals surface area (Å²) in [5, 5.41) is 12.4. The number of rotatable bonds is 5. The number of aromatic carboxylic acids is 1. The van der Waals surface area contributed by atoms with Crippen LogP contribution in [0.1, 0.15) is 66.1 Å². The maximum absolute atomic E-state index is 13.4. The first kappa shape index (κ1) is 22.1. The van der Waals surface area contributed by atoms with Crippen molar-refractivity contribution in [3.63, 3.8) is 0 Å². The van der Waals surface area contributed by atoms with Crippen molar-refractivity contribution < 1.29 is 14.3 Å². The molecule has 3 N–H and O–H groups in total. The number of anilines is 1. The van der Waals surface area contributed by atoms with Crippen LogP contribution in [-0.2, 0) is 0 Å². The van der Waals surface area contributed by atoms with E-state index in [0.29, 0.717) is 11.4 Å². The predicted molar refractivity (Wildman–Crippen MR) is 117 cm³/mol. The van der Waals surface area contributed by atoms with Gasteiger partial charge >= 0.3 is 5.97 Å². The van der Waals surface area contributed by atoms with Gasteiger partial charge in [0.1, 0.15) is 0 Å². The summed E-state index contributed by atoms with van der Waals surface area (Å²) in [5.41, 5.74) is 2.70. The number of hydrogen-bond acceptors (Lipinski definition) is 5. The molecule has 1 atom stereocenters. The van der Waals surface area contributed by atoms with Gasteiger partial charge in [-0.15, -0.1) is 0 Å². The number of carboxylic acids is 1. The molecule has 7 nitrogen and oxygen atoms in total. The van der Waals surface area contributed by atoms with E-state index in [1.54, 1.807) is 18.3 Å².